The quantitative estimate of drug-likeness (QED) is 0.441. The normalized spacial score (nSPS) is 11.6. The third-order valence-corrected chi connectivity index (χ3v) is 3.90. The van der Waals surface area contributed by atoms with Gasteiger partial charge in [0.25, 0.3) is 0 Å². The van der Waals surface area contributed by atoms with Crippen LogP contribution in [-0.4, -0.2) is 21.5 Å². The third kappa shape index (κ3) is 4.17. The first-order valence-electron chi connectivity index (χ1n) is 5.57. The van der Waals surface area contributed by atoms with Gasteiger partial charge in [0, 0.05) is 12.7 Å². The molecule has 1 aromatic rings. The van der Waals surface area contributed by atoms with Crippen LogP contribution in [0.4, 0.5) is 0 Å². The molecule has 1 rings (SSSR count). The van der Waals surface area contributed by atoms with Gasteiger partial charge in [-0.25, -0.2) is 0 Å². The lowest BCUT2D eigenvalue weighted by Crippen LogP contribution is -2.25. The highest BCUT2D eigenvalue weighted by Crippen LogP contribution is 2.21. The summed E-state index contributed by atoms with van der Waals surface area (Å²) in [6, 6.07) is 10.0. The zero-order valence-corrected chi connectivity index (χ0v) is 10.9. The van der Waals surface area contributed by atoms with Crippen LogP contribution in [0.3, 0.4) is 0 Å². The van der Waals surface area contributed by atoms with Gasteiger partial charge in [0.05, 0.1) is 0 Å². The predicted molar refractivity (Wildman–Crippen MR) is 71.1 cm³/mol. The van der Waals surface area contributed by atoms with Gasteiger partial charge >= 0.3 is 5.71 Å². The van der Waals surface area contributed by atoms with Crippen molar-refractivity contribution in [1.29, 1.82) is 0 Å². The standard InChI is InChI=1S/C13H16N2OS/c1-3-12(13(15-14)10(2)16)17-9-11-7-5-4-6-8-11/h4-8,12H,3,9H2,1-2H3. The molecule has 4 heteroatoms. The molecule has 0 fully saturated rings. The van der Waals surface area contributed by atoms with Crippen LogP contribution < -0.4 is 0 Å². The maximum Gasteiger partial charge on any atom is 0.346 e. The molecule has 1 atom stereocenters. The summed E-state index contributed by atoms with van der Waals surface area (Å²) in [4.78, 5) is 14.4. The molecule has 0 aromatic heterocycles. The van der Waals surface area contributed by atoms with E-state index in [9.17, 15) is 4.79 Å². The van der Waals surface area contributed by atoms with Crippen LogP contribution in [0.2, 0.25) is 0 Å². The van der Waals surface area contributed by atoms with E-state index in [0.29, 0.717) is 0 Å². The Morgan fingerprint density at radius 1 is 1.41 bits per heavy atom. The Labute approximate surface area is 106 Å². The molecule has 17 heavy (non-hydrogen) atoms. The van der Waals surface area contributed by atoms with Crippen LogP contribution in [0.5, 0.6) is 0 Å². The Kier molecular flexibility index (Phi) is 5.67. The predicted octanol–water partition coefficient (Wildman–Crippen LogP) is 2.96. The zero-order valence-electron chi connectivity index (χ0n) is 10.1. The van der Waals surface area contributed by atoms with Gasteiger partial charge in [0.1, 0.15) is 5.25 Å². The Bertz CT molecular complexity index is 424. The van der Waals surface area contributed by atoms with E-state index >= 15 is 0 Å². The first-order valence-corrected chi connectivity index (χ1v) is 6.62. The molecular weight excluding hydrogens is 232 g/mol. The topological polar surface area (TPSA) is 53.5 Å². The summed E-state index contributed by atoms with van der Waals surface area (Å²) in [7, 11) is 0. The lowest BCUT2D eigenvalue weighted by molar-refractivity contribution is -0.115. The molecule has 0 saturated carbocycles. The summed E-state index contributed by atoms with van der Waals surface area (Å²) in [6.07, 6.45) is 0.774. The summed E-state index contributed by atoms with van der Waals surface area (Å²) < 4.78 is 0. The maximum atomic E-state index is 11.3. The molecule has 0 N–H and O–H groups in total. The molecule has 3 nitrogen and oxygen atoms in total. The Hall–Kier alpha value is -1.38. The van der Waals surface area contributed by atoms with Gasteiger partial charge in [0.2, 0.25) is 5.78 Å². The van der Waals surface area contributed by atoms with Crippen molar-refractivity contribution in [3.63, 3.8) is 0 Å². The van der Waals surface area contributed by atoms with E-state index in [1.165, 1.54) is 12.5 Å². The van der Waals surface area contributed by atoms with Crippen molar-refractivity contribution in [2.45, 2.75) is 31.3 Å². The minimum atomic E-state index is -0.167. The monoisotopic (exact) mass is 248 g/mol. The summed E-state index contributed by atoms with van der Waals surface area (Å²) in [5, 5.41) is -0.0438. The molecule has 1 unspecified atom stereocenters. The second-order valence-electron chi connectivity index (χ2n) is 3.73. The van der Waals surface area contributed by atoms with Crippen LogP contribution in [0, 0.1) is 0 Å². The number of carbonyl (C=O) groups excluding carboxylic acids is 1. The zero-order chi connectivity index (χ0) is 12.7. The number of nitrogens with zero attached hydrogens (tertiary/aromatic N) is 2. The Morgan fingerprint density at radius 2 is 2.06 bits per heavy atom. The van der Waals surface area contributed by atoms with Crippen LogP contribution in [-0.2, 0) is 10.5 Å². The van der Waals surface area contributed by atoms with E-state index in [4.69, 9.17) is 5.53 Å². The fourth-order valence-corrected chi connectivity index (χ4v) is 2.72. The number of ketones is 1. The van der Waals surface area contributed by atoms with E-state index in [2.05, 4.69) is 4.79 Å². The second-order valence-corrected chi connectivity index (χ2v) is 4.93. The average Bonchev–Trinajstić information content (AvgIpc) is 2.35. The lowest BCUT2D eigenvalue weighted by atomic mass is 10.1. The van der Waals surface area contributed by atoms with Crippen molar-refractivity contribution in [2.75, 3.05) is 0 Å². The van der Waals surface area contributed by atoms with E-state index in [1.54, 1.807) is 11.8 Å². The minimum Gasteiger partial charge on any atom is -0.361 e. The largest absolute Gasteiger partial charge is 0.361 e. The van der Waals surface area contributed by atoms with E-state index in [1.807, 2.05) is 37.3 Å². The van der Waals surface area contributed by atoms with Gasteiger partial charge in [-0.05, 0) is 12.0 Å². The van der Waals surface area contributed by atoms with Crippen molar-refractivity contribution in [3.05, 3.63) is 41.4 Å². The van der Waals surface area contributed by atoms with Crippen molar-refractivity contribution in [3.8, 4) is 0 Å². The van der Waals surface area contributed by atoms with Crippen molar-refractivity contribution >= 4 is 23.3 Å². The number of rotatable bonds is 6. The molecular formula is C13H16N2OS. The van der Waals surface area contributed by atoms with E-state index in [0.717, 1.165) is 12.2 Å². The molecule has 0 amide bonds. The summed E-state index contributed by atoms with van der Waals surface area (Å²) >= 11 is 1.62. The molecule has 0 radical (unpaired) electrons. The van der Waals surface area contributed by atoms with Crippen LogP contribution in [0.25, 0.3) is 5.53 Å². The van der Waals surface area contributed by atoms with E-state index < -0.39 is 0 Å². The summed E-state index contributed by atoms with van der Waals surface area (Å²) in [5.74, 6) is 0.644. The Morgan fingerprint density at radius 3 is 2.53 bits per heavy atom. The lowest BCUT2D eigenvalue weighted by Gasteiger charge is -2.08. The number of benzene rings is 1. The van der Waals surface area contributed by atoms with Crippen molar-refractivity contribution < 1.29 is 9.58 Å². The van der Waals surface area contributed by atoms with Crippen molar-refractivity contribution in [1.82, 2.24) is 0 Å². The number of hydrogen-bond acceptors (Lipinski definition) is 2. The highest BCUT2D eigenvalue weighted by atomic mass is 32.2. The van der Waals surface area contributed by atoms with Gasteiger partial charge in [-0.2, -0.15) is 4.79 Å². The van der Waals surface area contributed by atoms with Gasteiger partial charge in [0.15, 0.2) is 0 Å². The molecule has 0 aliphatic rings. The fourth-order valence-electron chi connectivity index (χ4n) is 1.52. The summed E-state index contributed by atoms with van der Waals surface area (Å²) in [6.45, 7) is 3.41. The molecule has 0 spiro atoms. The van der Waals surface area contributed by atoms with Gasteiger partial charge in [-0.15, -0.1) is 11.8 Å². The third-order valence-electron chi connectivity index (χ3n) is 2.44. The molecule has 0 heterocycles. The van der Waals surface area contributed by atoms with Crippen LogP contribution in [0.15, 0.2) is 30.3 Å². The molecule has 0 aliphatic carbocycles. The first kappa shape index (κ1) is 13.7. The number of carbonyl (C=O) groups is 1. The van der Waals surface area contributed by atoms with Crippen molar-refractivity contribution in [2.24, 2.45) is 0 Å². The average molecular weight is 248 g/mol. The molecule has 0 aliphatic heterocycles. The highest BCUT2D eigenvalue weighted by molar-refractivity contribution is 8.00. The number of thioether (sulfide) groups is 1. The maximum absolute atomic E-state index is 11.3. The molecule has 1 aromatic carbocycles. The van der Waals surface area contributed by atoms with Gasteiger partial charge < -0.3 is 5.53 Å². The molecule has 0 bridgehead atoms. The number of hydrogen-bond donors (Lipinski definition) is 0. The second kappa shape index (κ2) is 7.05. The summed E-state index contributed by atoms with van der Waals surface area (Å²) in [5.41, 5.74) is 10.3. The fraction of sp³-hybridized carbons (Fsp3) is 0.385. The van der Waals surface area contributed by atoms with Crippen LogP contribution >= 0.6 is 11.8 Å². The molecule has 90 valence electrons. The highest BCUT2D eigenvalue weighted by Gasteiger charge is 2.26. The Balaban J connectivity index is 2.65. The molecule has 0 saturated heterocycles. The van der Waals surface area contributed by atoms with E-state index in [-0.39, 0.29) is 16.7 Å². The smallest absolute Gasteiger partial charge is 0.346 e. The SMILES string of the molecule is CCC(SCc1ccccc1)C(=[N+]=[N-])C(C)=O. The number of Topliss-reactive ketones (excluding diaryl/α,β-unsaturated/α-hetero) is 1. The van der Waals surface area contributed by atoms with Gasteiger partial charge in [-0.1, -0.05) is 37.3 Å². The first-order chi connectivity index (χ1) is 8.19. The minimum absolute atomic E-state index is 0.0438. The van der Waals surface area contributed by atoms with Gasteiger partial charge in [-0.3, -0.25) is 4.79 Å². The van der Waals surface area contributed by atoms with Crippen LogP contribution in [0.1, 0.15) is 25.8 Å².